The van der Waals surface area contributed by atoms with E-state index in [1.807, 2.05) is 0 Å². The average Bonchev–Trinajstić information content (AvgIpc) is 3.18. The predicted octanol–water partition coefficient (Wildman–Crippen LogP) is 2.77. The second-order valence-electron chi connectivity index (χ2n) is 8.42. The molecule has 154 valence electrons. The van der Waals surface area contributed by atoms with Gasteiger partial charge in [-0.25, -0.2) is 18.4 Å². The van der Waals surface area contributed by atoms with E-state index >= 15 is 0 Å². The molecule has 28 heavy (non-hydrogen) atoms. The second kappa shape index (κ2) is 6.99. The lowest BCUT2D eigenvalue weighted by molar-refractivity contribution is -0.156. The third kappa shape index (κ3) is 3.70. The van der Waals surface area contributed by atoms with E-state index in [1.165, 1.54) is 17.0 Å². The molecule has 1 saturated heterocycles. The average molecular weight is 397 g/mol. The number of carbonyl (C=O) groups excluding carboxylic acids is 2. The highest BCUT2D eigenvalue weighted by Gasteiger charge is 2.69. The van der Waals surface area contributed by atoms with Crippen LogP contribution in [0.5, 0.6) is 0 Å². The third-order valence-corrected chi connectivity index (χ3v) is 5.28. The maximum absolute atomic E-state index is 13.8. The van der Waals surface area contributed by atoms with Crippen molar-refractivity contribution in [2.75, 3.05) is 13.2 Å². The van der Waals surface area contributed by atoms with Crippen molar-refractivity contribution >= 4 is 12.1 Å². The molecule has 1 saturated carbocycles. The maximum Gasteiger partial charge on any atom is 0.410 e. The predicted molar refractivity (Wildman–Crippen MR) is 95.5 cm³/mol. The Morgan fingerprint density at radius 1 is 1.29 bits per heavy atom. The van der Waals surface area contributed by atoms with Crippen molar-refractivity contribution in [1.82, 2.24) is 4.90 Å². The Hall–Kier alpha value is -2.22. The first-order valence-electron chi connectivity index (χ1n) is 9.29. The number of hydrogen-bond donors (Lipinski definition) is 1. The van der Waals surface area contributed by atoms with Crippen LogP contribution in [0.2, 0.25) is 0 Å². The highest BCUT2D eigenvalue weighted by molar-refractivity contribution is 5.78. The van der Waals surface area contributed by atoms with Crippen molar-refractivity contribution in [3.05, 3.63) is 35.4 Å². The smallest absolute Gasteiger partial charge is 0.410 e. The van der Waals surface area contributed by atoms with E-state index in [2.05, 4.69) is 0 Å². The number of carbonyl (C=O) groups is 2. The van der Waals surface area contributed by atoms with Gasteiger partial charge < -0.3 is 19.5 Å². The van der Waals surface area contributed by atoms with Gasteiger partial charge in [0.05, 0.1) is 12.6 Å². The topological polar surface area (TPSA) is 76.1 Å². The lowest BCUT2D eigenvalue weighted by atomic mass is 9.93. The van der Waals surface area contributed by atoms with Gasteiger partial charge in [0.15, 0.2) is 6.10 Å². The number of ether oxygens (including phenoxy) is 2. The van der Waals surface area contributed by atoms with Crippen LogP contribution in [-0.4, -0.2) is 53.0 Å². The lowest BCUT2D eigenvalue weighted by Gasteiger charge is -2.32. The highest BCUT2D eigenvalue weighted by Crippen LogP contribution is 2.63. The fourth-order valence-corrected chi connectivity index (χ4v) is 4.12. The number of fused-ring (bicyclic) bond motifs is 1. The normalized spacial score (nSPS) is 27.2. The molecule has 1 aromatic carbocycles. The molecule has 1 aromatic rings. The standard InChI is InChI=1S/C20H25F2NO5/c1-5-27-17(25)16(24)15-14-9-20(14,11-6-12(21)8-13(22)7-11)10-23(15)18(26)28-19(2,3)4/h6-8,14-16,24H,5,9-10H2,1-4H3/t14-,15+,16+,20-/m0/s1. The molecule has 0 aromatic heterocycles. The highest BCUT2D eigenvalue weighted by atomic mass is 19.1. The Labute approximate surface area is 162 Å². The molecular formula is C20H25F2NO5. The van der Waals surface area contributed by atoms with E-state index in [0.29, 0.717) is 12.0 Å². The first kappa shape index (κ1) is 20.5. The van der Waals surface area contributed by atoms with Crippen LogP contribution in [0.4, 0.5) is 13.6 Å². The molecular weight excluding hydrogens is 372 g/mol. The monoisotopic (exact) mass is 397 g/mol. The second-order valence-corrected chi connectivity index (χ2v) is 8.42. The first-order valence-corrected chi connectivity index (χ1v) is 9.29. The lowest BCUT2D eigenvalue weighted by Crippen LogP contribution is -2.50. The SMILES string of the molecule is CCOC(=O)[C@H](O)[C@H]1[C@@H]2C[C@@]2(c2cc(F)cc(F)c2)CN1C(=O)OC(C)(C)C. The van der Waals surface area contributed by atoms with E-state index < -0.39 is 46.9 Å². The fraction of sp³-hybridized carbons (Fsp3) is 0.600. The minimum atomic E-state index is -1.57. The van der Waals surface area contributed by atoms with Crippen LogP contribution in [0, 0.1) is 17.6 Å². The molecule has 1 amide bonds. The van der Waals surface area contributed by atoms with Crippen molar-refractivity contribution in [2.45, 2.75) is 57.3 Å². The zero-order valence-electron chi connectivity index (χ0n) is 16.4. The maximum atomic E-state index is 13.8. The van der Waals surface area contributed by atoms with Gasteiger partial charge in [0.2, 0.25) is 0 Å². The molecule has 2 aliphatic rings. The van der Waals surface area contributed by atoms with Crippen molar-refractivity contribution < 1.29 is 33.0 Å². The summed E-state index contributed by atoms with van der Waals surface area (Å²) in [4.78, 5) is 26.1. The van der Waals surface area contributed by atoms with Gasteiger partial charge >= 0.3 is 12.1 Å². The molecule has 0 radical (unpaired) electrons. The molecule has 8 heteroatoms. The molecule has 0 spiro atoms. The van der Waals surface area contributed by atoms with Crippen LogP contribution < -0.4 is 0 Å². The number of rotatable bonds is 4. The van der Waals surface area contributed by atoms with Crippen LogP contribution in [-0.2, 0) is 19.7 Å². The number of aliphatic hydroxyl groups is 1. The number of piperidine rings is 1. The summed E-state index contributed by atoms with van der Waals surface area (Å²) in [5.74, 6) is -2.60. The zero-order valence-corrected chi connectivity index (χ0v) is 16.4. The van der Waals surface area contributed by atoms with E-state index in [9.17, 15) is 23.5 Å². The largest absolute Gasteiger partial charge is 0.464 e. The summed E-state index contributed by atoms with van der Waals surface area (Å²) in [6.07, 6.45) is -1.76. The quantitative estimate of drug-likeness (QED) is 0.791. The molecule has 1 aliphatic heterocycles. The van der Waals surface area contributed by atoms with Gasteiger partial charge in [0, 0.05) is 18.0 Å². The summed E-state index contributed by atoms with van der Waals surface area (Å²) in [5, 5.41) is 10.6. The minimum Gasteiger partial charge on any atom is -0.464 e. The summed E-state index contributed by atoms with van der Waals surface area (Å²) in [7, 11) is 0. The van der Waals surface area contributed by atoms with Crippen molar-refractivity contribution in [1.29, 1.82) is 0 Å². The fourth-order valence-electron chi connectivity index (χ4n) is 4.12. The number of halogens is 2. The van der Waals surface area contributed by atoms with Crippen LogP contribution >= 0.6 is 0 Å². The summed E-state index contributed by atoms with van der Waals surface area (Å²) in [6.45, 7) is 6.90. The van der Waals surface area contributed by atoms with Gasteiger partial charge in [-0.2, -0.15) is 0 Å². The van der Waals surface area contributed by atoms with Crippen LogP contribution in [0.3, 0.4) is 0 Å². The van der Waals surface area contributed by atoms with Gasteiger partial charge in [-0.1, -0.05) is 0 Å². The molecule has 0 bridgehead atoms. The van der Waals surface area contributed by atoms with Gasteiger partial charge in [0.25, 0.3) is 0 Å². The number of benzene rings is 1. The Kier molecular flexibility index (Phi) is 5.12. The number of esters is 1. The Morgan fingerprint density at radius 2 is 1.89 bits per heavy atom. The van der Waals surface area contributed by atoms with E-state index in [4.69, 9.17) is 9.47 Å². The van der Waals surface area contributed by atoms with Gasteiger partial charge in [-0.15, -0.1) is 0 Å². The molecule has 1 heterocycles. The number of aliphatic hydroxyl groups excluding tert-OH is 1. The molecule has 3 rings (SSSR count). The number of hydrogen-bond acceptors (Lipinski definition) is 5. The zero-order chi connectivity index (χ0) is 20.9. The van der Waals surface area contributed by atoms with Crippen LogP contribution in [0.25, 0.3) is 0 Å². The summed E-state index contributed by atoms with van der Waals surface area (Å²) in [6, 6.07) is 2.36. The van der Waals surface area contributed by atoms with Crippen molar-refractivity contribution in [3.8, 4) is 0 Å². The number of likely N-dealkylation sites (tertiary alicyclic amines) is 1. The Morgan fingerprint density at radius 3 is 2.43 bits per heavy atom. The van der Waals surface area contributed by atoms with Gasteiger partial charge in [-0.05, 0) is 57.7 Å². The van der Waals surface area contributed by atoms with Crippen LogP contribution in [0.15, 0.2) is 18.2 Å². The molecule has 1 N–H and O–H groups in total. The van der Waals surface area contributed by atoms with E-state index in [-0.39, 0.29) is 19.1 Å². The minimum absolute atomic E-state index is 0.0833. The van der Waals surface area contributed by atoms with Crippen LogP contribution in [0.1, 0.15) is 39.7 Å². The molecule has 0 unspecified atom stereocenters. The summed E-state index contributed by atoms with van der Waals surface area (Å²) < 4.78 is 37.8. The molecule has 4 atom stereocenters. The Balaban J connectivity index is 1.94. The van der Waals surface area contributed by atoms with Gasteiger partial charge in [0.1, 0.15) is 17.2 Å². The first-order chi connectivity index (χ1) is 13.0. The number of amides is 1. The van der Waals surface area contributed by atoms with E-state index in [0.717, 1.165) is 6.07 Å². The van der Waals surface area contributed by atoms with Crippen molar-refractivity contribution in [2.24, 2.45) is 5.92 Å². The Bertz CT molecular complexity index is 773. The summed E-state index contributed by atoms with van der Waals surface area (Å²) >= 11 is 0. The molecule has 2 fully saturated rings. The number of nitrogens with zero attached hydrogens (tertiary/aromatic N) is 1. The van der Waals surface area contributed by atoms with Gasteiger partial charge in [-0.3, -0.25) is 0 Å². The third-order valence-electron chi connectivity index (χ3n) is 5.28. The van der Waals surface area contributed by atoms with E-state index in [1.54, 1.807) is 27.7 Å². The molecule has 1 aliphatic carbocycles. The molecule has 6 nitrogen and oxygen atoms in total. The van der Waals surface area contributed by atoms with Crippen molar-refractivity contribution in [3.63, 3.8) is 0 Å². The summed E-state index contributed by atoms with van der Waals surface area (Å²) in [5.41, 5.74) is -1.10.